The third-order valence-electron chi connectivity index (χ3n) is 10.9. The van der Waals surface area contributed by atoms with Crippen molar-refractivity contribution >= 4 is 0 Å². The molecule has 0 aliphatic heterocycles. The smallest absolute Gasteiger partial charge is 0.203 e. The SMILES string of the molecule is C=C1/C(=C\C=C2/CCC[C@]3(C)[C@@H]([C@@H](C)C=C[C@@H](O)C4(c5ncc(CCCCC)o5)CC4)CC[C@@H]23)C[C@@H](O)C[C@@H]1O. The molecule has 7 atom stereocenters. The van der Waals surface area contributed by atoms with Gasteiger partial charge in [0.1, 0.15) is 5.76 Å². The van der Waals surface area contributed by atoms with E-state index in [1.165, 1.54) is 44.1 Å². The van der Waals surface area contributed by atoms with E-state index in [9.17, 15) is 15.3 Å². The Morgan fingerprint density at radius 3 is 2.70 bits per heavy atom. The summed E-state index contributed by atoms with van der Waals surface area (Å²) in [4.78, 5) is 4.59. The van der Waals surface area contributed by atoms with Crippen molar-refractivity contribution in [2.75, 3.05) is 0 Å². The highest BCUT2D eigenvalue weighted by molar-refractivity contribution is 5.38. The molecule has 40 heavy (non-hydrogen) atoms. The van der Waals surface area contributed by atoms with E-state index in [1.54, 1.807) is 0 Å². The Balaban J connectivity index is 1.24. The Labute approximate surface area is 241 Å². The molecular weight excluding hydrogens is 498 g/mol. The molecule has 0 bridgehead atoms. The largest absolute Gasteiger partial charge is 0.445 e. The van der Waals surface area contributed by atoms with Crippen molar-refractivity contribution < 1.29 is 19.7 Å². The molecule has 220 valence electrons. The van der Waals surface area contributed by atoms with Crippen LogP contribution < -0.4 is 0 Å². The monoisotopic (exact) mass is 549 g/mol. The number of nitrogens with zero attached hydrogens (tertiary/aromatic N) is 1. The highest BCUT2D eigenvalue weighted by atomic mass is 16.4. The summed E-state index contributed by atoms with van der Waals surface area (Å²) in [6, 6.07) is 0. The first-order valence-electron chi connectivity index (χ1n) is 15.9. The number of oxazole rings is 1. The van der Waals surface area contributed by atoms with Gasteiger partial charge in [0.25, 0.3) is 0 Å². The van der Waals surface area contributed by atoms with Gasteiger partial charge in [0.05, 0.1) is 29.9 Å². The van der Waals surface area contributed by atoms with Crippen molar-refractivity contribution in [1.29, 1.82) is 0 Å². The van der Waals surface area contributed by atoms with Crippen molar-refractivity contribution in [3.8, 4) is 0 Å². The summed E-state index contributed by atoms with van der Waals surface area (Å²) in [5, 5.41) is 31.6. The molecule has 4 aliphatic carbocycles. The van der Waals surface area contributed by atoms with Crippen LogP contribution in [-0.2, 0) is 11.8 Å². The molecule has 1 aromatic rings. The predicted molar refractivity (Wildman–Crippen MR) is 160 cm³/mol. The molecule has 5 nitrogen and oxygen atoms in total. The Morgan fingerprint density at radius 2 is 1.95 bits per heavy atom. The first kappa shape index (κ1) is 29.5. The van der Waals surface area contributed by atoms with Gasteiger partial charge in [-0.05, 0) is 92.1 Å². The molecule has 3 N–H and O–H groups in total. The van der Waals surface area contributed by atoms with Crippen molar-refractivity contribution in [3.05, 3.63) is 65.5 Å². The fraction of sp³-hybridized carbons (Fsp3) is 0.686. The second-order valence-electron chi connectivity index (χ2n) is 13.6. The molecule has 0 spiro atoms. The summed E-state index contributed by atoms with van der Waals surface area (Å²) in [6.45, 7) is 11.1. The van der Waals surface area contributed by atoms with Crippen molar-refractivity contribution in [1.82, 2.24) is 4.98 Å². The molecule has 1 heterocycles. The van der Waals surface area contributed by atoms with Gasteiger partial charge in [-0.2, -0.15) is 0 Å². The van der Waals surface area contributed by atoms with Crippen molar-refractivity contribution in [2.45, 2.75) is 128 Å². The predicted octanol–water partition coefficient (Wildman–Crippen LogP) is 7.13. The van der Waals surface area contributed by atoms with E-state index in [1.807, 2.05) is 12.3 Å². The molecule has 0 amide bonds. The number of aryl methyl sites for hydroxylation is 1. The lowest BCUT2D eigenvalue weighted by Gasteiger charge is -2.44. The number of aliphatic hydroxyl groups excluding tert-OH is 3. The summed E-state index contributed by atoms with van der Waals surface area (Å²) < 4.78 is 6.12. The fourth-order valence-electron chi connectivity index (χ4n) is 8.18. The third-order valence-corrected chi connectivity index (χ3v) is 10.9. The lowest BCUT2D eigenvalue weighted by molar-refractivity contribution is 0.0862. The number of hydrogen-bond donors (Lipinski definition) is 3. The van der Waals surface area contributed by atoms with Crippen LogP contribution in [0.5, 0.6) is 0 Å². The fourth-order valence-corrected chi connectivity index (χ4v) is 8.18. The minimum Gasteiger partial charge on any atom is -0.445 e. The molecule has 1 aromatic heterocycles. The summed E-state index contributed by atoms with van der Waals surface area (Å²) in [6.07, 6.45) is 22.1. The zero-order valence-corrected chi connectivity index (χ0v) is 24.9. The quantitative estimate of drug-likeness (QED) is 0.213. The molecule has 5 rings (SSSR count). The maximum absolute atomic E-state index is 11.3. The summed E-state index contributed by atoms with van der Waals surface area (Å²) in [5.74, 6) is 3.18. The first-order valence-corrected chi connectivity index (χ1v) is 15.9. The maximum atomic E-state index is 11.3. The Kier molecular flexibility index (Phi) is 8.94. The van der Waals surface area contributed by atoms with Gasteiger partial charge in [-0.1, -0.05) is 70.1 Å². The average molecular weight is 550 g/mol. The van der Waals surface area contributed by atoms with Crippen LogP contribution in [0.2, 0.25) is 0 Å². The molecule has 4 aliphatic rings. The van der Waals surface area contributed by atoms with Crippen LogP contribution in [0, 0.1) is 23.2 Å². The van der Waals surface area contributed by atoms with E-state index in [2.05, 4.69) is 50.6 Å². The van der Waals surface area contributed by atoms with Gasteiger partial charge in [0.2, 0.25) is 5.89 Å². The van der Waals surface area contributed by atoms with Crippen LogP contribution in [0.1, 0.15) is 109 Å². The van der Waals surface area contributed by atoms with E-state index >= 15 is 0 Å². The number of hydrogen-bond acceptors (Lipinski definition) is 5. The van der Waals surface area contributed by atoms with Gasteiger partial charge >= 0.3 is 0 Å². The topological polar surface area (TPSA) is 86.7 Å². The highest BCUT2D eigenvalue weighted by Gasteiger charge is 2.54. The van der Waals surface area contributed by atoms with Gasteiger partial charge in [-0.25, -0.2) is 4.98 Å². The van der Waals surface area contributed by atoms with Crippen LogP contribution in [0.25, 0.3) is 0 Å². The number of allylic oxidation sites excluding steroid dienone is 4. The lowest BCUT2D eigenvalue weighted by Crippen LogP contribution is -2.35. The molecular formula is C35H51NO4. The number of fused-ring (bicyclic) bond motifs is 1. The van der Waals surface area contributed by atoms with E-state index in [4.69, 9.17) is 4.42 Å². The van der Waals surface area contributed by atoms with Gasteiger partial charge in [-0.15, -0.1) is 0 Å². The molecule has 0 radical (unpaired) electrons. The van der Waals surface area contributed by atoms with Crippen LogP contribution in [0.15, 0.2) is 58.2 Å². The number of rotatable bonds is 10. The number of aromatic nitrogens is 1. The molecule has 4 saturated carbocycles. The van der Waals surface area contributed by atoms with Gasteiger partial charge in [-0.3, -0.25) is 0 Å². The van der Waals surface area contributed by atoms with E-state index in [0.717, 1.165) is 49.0 Å². The molecule has 4 fully saturated rings. The molecule has 5 heteroatoms. The third kappa shape index (κ3) is 5.84. The second-order valence-corrected chi connectivity index (χ2v) is 13.6. The van der Waals surface area contributed by atoms with Crippen LogP contribution in [0.3, 0.4) is 0 Å². The van der Waals surface area contributed by atoms with E-state index < -0.39 is 18.3 Å². The Bertz CT molecular complexity index is 1140. The molecule has 0 unspecified atom stereocenters. The summed E-state index contributed by atoms with van der Waals surface area (Å²) in [7, 11) is 0. The average Bonchev–Trinajstić information content (AvgIpc) is 3.46. The first-order chi connectivity index (χ1) is 19.2. The summed E-state index contributed by atoms with van der Waals surface area (Å²) in [5.41, 5.74) is 3.15. The van der Waals surface area contributed by atoms with Crippen molar-refractivity contribution in [2.24, 2.45) is 23.2 Å². The highest BCUT2D eigenvalue weighted by Crippen LogP contribution is 2.60. The van der Waals surface area contributed by atoms with E-state index in [-0.39, 0.29) is 10.8 Å². The van der Waals surface area contributed by atoms with E-state index in [0.29, 0.717) is 36.5 Å². The number of aliphatic hydroxyl groups is 3. The second kappa shape index (κ2) is 12.1. The van der Waals surface area contributed by atoms with Gasteiger partial charge in [0.15, 0.2) is 0 Å². The van der Waals surface area contributed by atoms with Gasteiger partial charge < -0.3 is 19.7 Å². The summed E-state index contributed by atoms with van der Waals surface area (Å²) >= 11 is 0. The minimum atomic E-state index is -0.643. The zero-order chi connectivity index (χ0) is 28.5. The van der Waals surface area contributed by atoms with Crippen LogP contribution in [-0.4, -0.2) is 38.6 Å². The van der Waals surface area contributed by atoms with Crippen LogP contribution >= 0.6 is 0 Å². The molecule has 0 aromatic carbocycles. The van der Waals surface area contributed by atoms with Crippen LogP contribution in [0.4, 0.5) is 0 Å². The Hall–Kier alpha value is -1.95. The zero-order valence-electron chi connectivity index (χ0n) is 24.9. The molecule has 0 saturated heterocycles. The van der Waals surface area contributed by atoms with Gasteiger partial charge in [0, 0.05) is 12.8 Å². The standard InChI is InChI=1S/C35H51NO4/c1-5-6-7-10-28-22-36-33(40-28)35(18-19-35)32(39)16-11-23(2)29-14-15-30-25(9-8-17-34(29,30)4)12-13-26-20-27(37)21-31(38)24(26)3/h11-13,16,22-23,27,29-32,37-39H,3,5-10,14-15,17-21H2,1-2,4H3/b16-11?,25-12+,26-13-/t23-,27+,29+,30-,31-,32+,34+/m0/s1. The Morgan fingerprint density at radius 1 is 1.15 bits per heavy atom. The lowest BCUT2D eigenvalue weighted by atomic mass is 9.61. The van der Waals surface area contributed by atoms with Crippen molar-refractivity contribution in [3.63, 3.8) is 0 Å². The number of unbranched alkanes of at least 4 members (excludes halogenated alkanes) is 2. The maximum Gasteiger partial charge on any atom is 0.203 e. The minimum absolute atomic E-state index is 0.243. The normalized spacial score (nSPS) is 35.4.